The van der Waals surface area contributed by atoms with E-state index in [-0.39, 0.29) is 0 Å². The molecule has 1 aliphatic carbocycles. The first-order valence-corrected chi connectivity index (χ1v) is 7.12. The summed E-state index contributed by atoms with van der Waals surface area (Å²) in [6.45, 7) is 9.66. The van der Waals surface area contributed by atoms with Crippen molar-refractivity contribution in [2.75, 3.05) is 6.54 Å². The Hall–Kier alpha value is -0.300. The molecule has 1 nitrogen and oxygen atoms in total. The quantitative estimate of drug-likeness (QED) is 0.523. The van der Waals surface area contributed by atoms with Crippen molar-refractivity contribution in [2.45, 2.75) is 71.3 Å². The SMILES string of the molecule is C=C(C)C(CC1CCCCCC1)NCCC. The van der Waals surface area contributed by atoms with Gasteiger partial charge in [-0.1, -0.05) is 57.6 Å². The van der Waals surface area contributed by atoms with E-state index < -0.39 is 0 Å². The summed E-state index contributed by atoms with van der Waals surface area (Å²) < 4.78 is 0. The standard InChI is InChI=1S/C15H29N/c1-4-11-16-15(13(2)3)12-14-9-7-5-6-8-10-14/h14-16H,2,4-12H2,1,3H3. The lowest BCUT2D eigenvalue weighted by atomic mass is 9.90. The Morgan fingerprint density at radius 1 is 1.25 bits per heavy atom. The van der Waals surface area contributed by atoms with Crippen LogP contribution in [0.2, 0.25) is 0 Å². The van der Waals surface area contributed by atoms with Crippen molar-refractivity contribution in [1.82, 2.24) is 5.32 Å². The van der Waals surface area contributed by atoms with Crippen LogP contribution in [0.25, 0.3) is 0 Å². The van der Waals surface area contributed by atoms with E-state index in [2.05, 4.69) is 25.7 Å². The third-order valence-electron chi connectivity index (χ3n) is 3.78. The molecular formula is C15H29N. The minimum Gasteiger partial charge on any atom is -0.310 e. The van der Waals surface area contributed by atoms with Crippen molar-refractivity contribution in [2.24, 2.45) is 5.92 Å². The molecular weight excluding hydrogens is 194 g/mol. The van der Waals surface area contributed by atoms with E-state index in [1.807, 2.05) is 0 Å². The van der Waals surface area contributed by atoms with Crippen LogP contribution in [-0.4, -0.2) is 12.6 Å². The Kier molecular flexibility index (Phi) is 6.79. The fourth-order valence-electron chi connectivity index (χ4n) is 2.71. The fraction of sp³-hybridized carbons (Fsp3) is 0.867. The van der Waals surface area contributed by atoms with Crippen LogP contribution in [0.5, 0.6) is 0 Å². The first kappa shape index (κ1) is 13.8. The fourth-order valence-corrected chi connectivity index (χ4v) is 2.71. The summed E-state index contributed by atoms with van der Waals surface area (Å²) in [6, 6.07) is 0.558. The highest BCUT2D eigenvalue weighted by Gasteiger charge is 2.17. The molecule has 0 saturated heterocycles. The maximum Gasteiger partial charge on any atom is 0.0276 e. The molecule has 1 rings (SSSR count). The van der Waals surface area contributed by atoms with Gasteiger partial charge in [0.2, 0.25) is 0 Å². The van der Waals surface area contributed by atoms with Gasteiger partial charge in [-0.15, -0.1) is 0 Å². The Morgan fingerprint density at radius 2 is 1.88 bits per heavy atom. The average Bonchev–Trinajstić information content (AvgIpc) is 2.52. The molecule has 0 aliphatic heterocycles. The van der Waals surface area contributed by atoms with Crippen molar-refractivity contribution in [3.8, 4) is 0 Å². The van der Waals surface area contributed by atoms with Gasteiger partial charge in [0, 0.05) is 6.04 Å². The van der Waals surface area contributed by atoms with E-state index in [4.69, 9.17) is 0 Å². The van der Waals surface area contributed by atoms with Gasteiger partial charge in [0.15, 0.2) is 0 Å². The molecule has 1 saturated carbocycles. The van der Waals surface area contributed by atoms with Gasteiger partial charge >= 0.3 is 0 Å². The van der Waals surface area contributed by atoms with Gasteiger partial charge in [0.25, 0.3) is 0 Å². The van der Waals surface area contributed by atoms with Crippen LogP contribution in [0.3, 0.4) is 0 Å². The number of hydrogen-bond donors (Lipinski definition) is 1. The van der Waals surface area contributed by atoms with E-state index in [0.717, 1.165) is 12.5 Å². The van der Waals surface area contributed by atoms with Gasteiger partial charge < -0.3 is 5.32 Å². The molecule has 1 heteroatoms. The smallest absolute Gasteiger partial charge is 0.0276 e. The third kappa shape index (κ3) is 5.16. The van der Waals surface area contributed by atoms with Gasteiger partial charge in [0.05, 0.1) is 0 Å². The Morgan fingerprint density at radius 3 is 2.38 bits per heavy atom. The summed E-state index contributed by atoms with van der Waals surface area (Å²) in [5.74, 6) is 0.938. The van der Waals surface area contributed by atoms with E-state index in [1.54, 1.807) is 0 Å². The topological polar surface area (TPSA) is 12.0 Å². The first-order valence-electron chi connectivity index (χ1n) is 7.12. The van der Waals surface area contributed by atoms with Crippen molar-refractivity contribution in [1.29, 1.82) is 0 Å². The number of rotatable bonds is 6. The maximum absolute atomic E-state index is 4.13. The maximum atomic E-state index is 4.13. The lowest BCUT2D eigenvalue weighted by Gasteiger charge is -2.24. The van der Waals surface area contributed by atoms with E-state index >= 15 is 0 Å². The second kappa shape index (κ2) is 7.89. The average molecular weight is 223 g/mol. The van der Waals surface area contributed by atoms with Crippen LogP contribution in [0, 0.1) is 5.92 Å². The molecule has 0 radical (unpaired) electrons. The van der Waals surface area contributed by atoms with Crippen molar-refractivity contribution >= 4 is 0 Å². The molecule has 94 valence electrons. The number of nitrogens with one attached hydrogen (secondary N) is 1. The molecule has 1 aliphatic rings. The molecule has 0 aromatic carbocycles. The van der Waals surface area contributed by atoms with Gasteiger partial charge in [-0.3, -0.25) is 0 Å². The molecule has 1 atom stereocenters. The molecule has 16 heavy (non-hydrogen) atoms. The zero-order valence-electron chi connectivity index (χ0n) is 11.2. The molecule has 0 aromatic heterocycles. The lowest BCUT2D eigenvalue weighted by Crippen LogP contribution is -2.32. The first-order chi connectivity index (χ1) is 7.74. The molecule has 0 aromatic rings. The monoisotopic (exact) mass is 223 g/mol. The van der Waals surface area contributed by atoms with Crippen molar-refractivity contribution < 1.29 is 0 Å². The molecule has 0 bridgehead atoms. The highest BCUT2D eigenvalue weighted by molar-refractivity contribution is 5.02. The Balaban J connectivity index is 2.36. The molecule has 0 heterocycles. The molecule has 1 unspecified atom stereocenters. The van der Waals surface area contributed by atoms with E-state index in [0.29, 0.717) is 6.04 Å². The molecule has 0 amide bonds. The normalized spacial score (nSPS) is 20.4. The van der Waals surface area contributed by atoms with Crippen LogP contribution in [0.4, 0.5) is 0 Å². The molecule has 1 N–H and O–H groups in total. The lowest BCUT2D eigenvalue weighted by molar-refractivity contribution is 0.374. The largest absolute Gasteiger partial charge is 0.310 e. The Bertz CT molecular complexity index is 190. The highest BCUT2D eigenvalue weighted by atomic mass is 14.9. The number of hydrogen-bond acceptors (Lipinski definition) is 1. The summed E-state index contributed by atoms with van der Waals surface area (Å²) in [5, 5.41) is 3.64. The zero-order valence-corrected chi connectivity index (χ0v) is 11.2. The van der Waals surface area contributed by atoms with Gasteiger partial charge in [-0.05, 0) is 32.2 Å². The van der Waals surface area contributed by atoms with Crippen LogP contribution in [0.1, 0.15) is 65.2 Å². The summed E-state index contributed by atoms with van der Waals surface area (Å²) in [7, 11) is 0. The van der Waals surface area contributed by atoms with Gasteiger partial charge in [0.1, 0.15) is 0 Å². The zero-order chi connectivity index (χ0) is 11.8. The van der Waals surface area contributed by atoms with Gasteiger partial charge in [-0.2, -0.15) is 0 Å². The minimum absolute atomic E-state index is 0.558. The minimum atomic E-state index is 0.558. The summed E-state index contributed by atoms with van der Waals surface area (Å²) in [4.78, 5) is 0. The second-order valence-corrected chi connectivity index (χ2v) is 5.45. The van der Waals surface area contributed by atoms with Crippen molar-refractivity contribution in [3.05, 3.63) is 12.2 Å². The highest BCUT2D eigenvalue weighted by Crippen LogP contribution is 2.27. The molecule has 1 fully saturated rings. The van der Waals surface area contributed by atoms with E-state index in [9.17, 15) is 0 Å². The van der Waals surface area contributed by atoms with Crippen LogP contribution >= 0.6 is 0 Å². The summed E-state index contributed by atoms with van der Waals surface area (Å²) in [6.07, 6.45) is 11.2. The van der Waals surface area contributed by atoms with Crippen LogP contribution < -0.4 is 5.32 Å². The van der Waals surface area contributed by atoms with Crippen LogP contribution in [0.15, 0.2) is 12.2 Å². The second-order valence-electron chi connectivity index (χ2n) is 5.45. The Labute approximate surface area is 102 Å². The van der Waals surface area contributed by atoms with Gasteiger partial charge in [-0.25, -0.2) is 0 Å². The molecule has 0 spiro atoms. The summed E-state index contributed by atoms with van der Waals surface area (Å²) >= 11 is 0. The predicted octanol–water partition coefficient (Wildman–Crippen LogP) is 4.29. The van der Waals surface area contributed by atoms with Crippen molar-refractivity contribution in [3.63, 3.8) is 0 Å². The van der Waals surface area contributed by atoms with E-state index in [1.165, 1.54) is 56.9 Å². The predicted molar refractivity (Wildman–Crippen MR) is 72.7 cm³/mol. The third-order valence-corrected chi connectivity index (χ3v) is 3.78. The summed E-state index contributed by atoms with van der Waals surface area (Å²) in [5.41, 5.74) is 1.32. The van der Waals surface area contributed by atoms with Crippen LogP contribution in [-0.2, 0) is 0 Å².